The lowest BCUT2D eigenvalue weighted by Gasteiger charge is -2.37. The molecule has 116 valence electrons. The van der Waals surface area contributed by atoms with Gasteiger partial charge in [0.25, 0.3) is 0 Å². The number of anilines is 1. The van der Waals surface area contributed by atoms with Crippen molar-refractivity contribution < 1.29 is 19.5 Å². The maximum atomic E-state index is 11.4. The van der Waals surface area contributed by atoms with Crippen LogP contribution >= 0.6 is 0 Å². The summed E-state index contributed by atoms with van der Waals surface area (Å²) in [6.07, 6.45) is -0.449. The van der Waals surface area contributed by atoms with Gasteiger partial charge in [0.15, 0.2) is 5.75 Å². The molecule has 1 aromatic carbocycles. The topological polar surface area (TPSA) is 85.1 Å². The molecule has 0 saturated carbocycles. The summed E-state index contributed by atoms with van der Waals surface area (Å²) in [7, 11) is 0. The summed E-state index contributed by atoms with van der Waals surface area (Å²) in [6.45, 7) is 4.87. The molecule has 0 amide bonds. The fourth-order valence-corrected chi connectivity index (χ4v) is 2.56. The molecule has 1 heterocycles. The van der Waals surface area contributed by atoms with Gasteiger partial charge in [0.2, 0.25) is 0 Å². The summed E-state index contributed by atoms with van der Waals surface area (Å²) < 4.78 is 10.9. The number of hydrogen-bond acceptors (Lipinski definition) is 6. The van der Waals surface area contributed by atoms with Crippen molar-refractivity contribution in [3.05, 3.63) is 28.3 Å². The van der Waals surface area contributed by atoms with Crippen molar-refractivity contribution in [2.75, 3.05) is 31.2 Å². The van der Waals surface area contributed by atoms with Crippen molar-refractivity contribution in [2.45, 2.75) is 26.1 Å². The molecule has 0 spiro atoms. The Kier molecular flexibility index (Phi) is 4.98. The quantitative estimate of drug-likeness (QED) is 0.656. The van der Waals surface area contributed by atoms with E-state index in [0.717, 1.165) is 0 Å². The van der Waals surface area contributed by atoms with E-state index in [2.05, 4.69) is 0 Å². The minimum absolute atomic E-state index is 0.0369. The molecule has 1 saturated heterocycles. The second kappa shape index (κ2) is 6.73. The molecule has 7 nitrogen and oxygen atoms in total. The third kappa shape index (κ3) is 3.43. The molecule has 1 N–H and O–H groups in total. The van der Waals surface area contributed by atoms with Crippen LogP contribution < -0.4 is 9.64 Å². The molecule has 0 bridgehead atoms. The Bertz CT molecular complexity index is 508. The Morgan fingerprint density at radius 2 is 2.29 bits per heavy atom. The molecule has 0 aromatic heterocycles. The first-order valence-electron chi connectivity index (χ1n) is 6.98. The number of aliphatic hydroxyl groups excluding tert-OH is 1. The summed E-state index contributed by atoms with van der Waals surface area (Å²) in [5.74, 6) is 0.264. The summed E-state index contributed by atoms with van der Waals surface area (Å²) in [5, 5.41) is 20.7. The monoisotopic (exact) mass is 296 g/mol. The second-order valence-electron chi connectivity index (χ2n) is 4.97. The Balaban J connectivity index is 2.38. The first kappa shape index (κ1) is 15.5. The predicted octanol–water partition coefficient (Wildman–Crippen LogP) is 1.58. The molecule has 2 unspecified atom stereocenters. The van der Waals surface area contributed by atoms with Crippen LogP contribution in [0.25, 0.3) is 0 Å². The smallest absolute Gasteiger partial charge is 0.333 e. The van der Waals surface area contributed by atoms with Crippen LogP contribution in [0.4, 0.5) is 11.4 Å². The Hall–Kier alpha value is -1.86. The van der Waals surface area contributed by atoms with Gasteiger partial charge in [-0.25, -0.2) is 0 Å². The zero-order valence-electron chi connectivity index (χ0n) is 12.2. The summed E-state index contributed by atoms with van der Waals surface area (Å²) in [4.78, 5) is 12.9. The number of rotatable bonds is 5. The number of ether oxygens (including phenoxy) is 2. The van der Waals surface area contributed by atoms with E-state index in [1.54, 1.807) is 25.1 Å². The van der Waals surface area contributed by atoms with Gasteiger partial charge in [-0.1, -0.05) is 6.07 Å². The van der Waals surface area contributed by atoms with Crippen LogP contribution in [0.3, 0.4) is 0 Å². The van der Waals surface area contributed by atoms with Crippen LogP contribution in [0.1, 0.15) is 13.8 Å². The Labute approximate surface area is 123 Å². The van der Waals surface area contributed by atoms with Gasteiger partial charge in [-0.2, -0.15) is 0 Å². The SMILES string of the molecule is CCOc1cccc(N2CC(C)OC(CO)C2)c1[N+](=O)[O-]. The summed E-state index contributed by atoms with van der Waals surface area (Å²) >= 11 is 0. The molecule has 1 aliphatic heterocycles. The van der Waals surface area contributed by atoms with Crippen LogP contribution in [0.5, 0.6) is 5.75 Å². The van der Waals surface area contributed by atoms with Crippen LogP contribution in [-0.4, -0.2) is 48.5 Å². The number of hydrogen-bond donors (Lipinski definition) is 1. The normalized spacial score (nSPS) is 22.1. The second-order valence-corrected chi connectivity index (χ2v) is 4.97. The lowest BCUT2D eigenvalue weighted by Crippen LogP contribution is -2.48. The van der Waals surface area contributed by atoms with E-state index in [9.17, 15) is 15.2 Å². The minimum Gasteiger partial charge on any atom is -0.487 e. The molecule has 0 radical (unpaired) electrons. The number of nitro groups is 1. The zero-order chi connectivity index (χ0) is 15.4. The number of para-hydroxylation sites is 1. The molecule has 21 heavy (non-hydrogen) atoms. The van der Waals surface area contributed by atoms with Crippen molar-refractivity contribution in [3.8, 4) is 5.75 Å². The van der Waals surface area contributed by atoms with Gasteiger partial charge in [0, 0.05) is 13.1 Å². The van der Waals surface area contributed by atoms with E-state index in [-0.39, 0.29) is 30.3 Å². The highest BCUT2D eigenvalue weighted by molar-refractivity contribution is 5.70. The summed E-state index contributed by atoms with van der Waals surface area (Å²) in [5.41, 5.74) is 0.463. The molecular weight excluding hydrogens is 276 g/mol. The first-order chi connectivity index (χ1) is 10.1. The van der Waals surface area contributed by atoms with E-state index in [1.807, 2.05) is 11.8 Å². The van der Waals surface area contributed by atoms with Gasteiger partial charge in [0.05, 0.1) is 30.3 Å². The van der Waals surface area contributed by atoms with Gasteiger partial charge < -0.3 is 19.5 Å². The fourth-order valence-electron chi connectivity index (χ4n) is 2.56. The Morgan fingerprint density at radius 3 is 2.90 bits per heavy atom. The maximum absolute atomic E-state index is 11.4. The van der Waals surface area contributed by atoms with Gasteiger partial charge in [-0.15, -0.1) is 0 Å². The van der Waals surface area contributed by atoms with Crippen LogP contribution in [0.15, 0.2) is 18.2 Å². The lowest BCUT2D eigenvalue weighted by atomic mass is 10.1. The maximum Gasteiger partial charge on any atom is 0.333 e. The average molecular weight is 296 g/mol. The molecule has 1 aliphatic rings. The van der Waals surface area contributed by atoms with Gasteiger partial charge in [0.1, 0.15) is 5.69 Å². The van der Waals surface area contributed by atoms with E-state index >= 15 is 0 Å². The van der Waals surface area contributed by atoms with Gasteiger partial charge in [-0.3, -0.25) is 10.1 Å². The highest BCUT2D eigenvalue weighted by Crippen LogP contribution is 2.38. The van der Waals surface area contributed by atoms with Crippen molar-refractivity contribution in [1.29, 1.82) is 0 Å². The highest BCUT2D eigenvalue weighted by Gasteiger charge is 2.31. The number of nitrogens with zero attached hydrogens (tertiary/aromatic N) is 2. The summed E-state index contributed by atoms with van der Waals surface area (Å²) in [6, 6.07) is 5.03. The molecule has 1 aromatic rings. The highest BCUT2D eigenvalue weighted by atomic mass is 16.6. The van der Waals surface area contributed by atoms with Gasteiger partial charge >= 0.3 is 5.69 Å². The first-order valence-corrected chi connectivity index (χ1v) is 6.98. The molecule has 2 rings (SSSR count). The zero-order valence-corrected chi connectivity index (χ0v) is 12.2. The van der Waals surface area contributed by atoms with E-state index in [4.69, 9.17) is 9.47 Å². The molecule has 7 heteroatoms. The number of nitro benzene ring substituents is 1. The number of aliphatic hydroxyl groups is 1. The van der Waals surface area contributed by atoms with E-state index in [0.29, 0.717) is 25.4 Å². The number of morpholine rings is 1. The molecular formula is C14H20N2O5. The third-order valence-corrected chi connectivity index (χ3v) is 3.33. The van der Waals surface area contributed by atoms with Crippen molar-refractivity contribution in [1.82, 2.24) is 0 Å². The lowest BCUT2D eigenvalue weighted by molar-refractivity contribution is -0.385. The third-order valence-electron chi connectivity index (χ3n) is 3.33. The van der Waals surface area contributed by atoms with Crippen molar-refractivity contribution in [2.24, 2.45) is 0 Å². The van der Waals surface area contributed by atoms with Crippen LogP contribution in [-0.2, 0) is 4.74 Å². The molecule has 0 aliphatic carbocycles. The minimum atomic E-state index is -0.422. The molecule has 2 atom stereocenters. The van der Waals surface area contributed by atoms with Gasteiger partial charge in [-0.05, 0) is 26.0 Å². The standard InChI is InChI=1S/C14H20N2O5/c1-3-20-13-6-4-5-12(14(13)16(18)19)15-7-10(2)21-11(8-15)9-17/h4-6,10-11,17H,3,7-9H2,1-2H3. The Morgan fingerprint density at radius 1 is 1.52 bits per heavy atom. The van der Waals surface area contributed by atoms with E-state index < -0.39 is 4.92 Å². The average Bonchev–Trinajstić information content (AvgIpc) is 2.46. The number of benzene rings is 1. The van der Waals surface area contributed by atoms with Crippen LogP contribution in [0.2, 0.25) is 0 Å². The van der Waals surface area contributed by atoms with E-state index in [1.165, 1.54) is 0 Å². The predicted molar refractivity (Wildman–Crippen MR) is 77.9 cm³/mol. The molecule has 1 fully saturated rings. The van der Waals surface area contributed by atoms with Crippen molar-refractivity contribution >= 4 is 11.4 Å². The largest absolute Gasteiger partial charge is 0.487 e. The van der Waals surface area contributed by atoms with Crippen molar-refractivity contribution in [3.63, 3.8) is 0 Å². The fraction of sp³-hybridized carbons (Fsp3) is 0.571. The van der Waals surface area contributed by atoms with Crippen LogP contribution in [0, 0.1) is 10.1 Å².